The van der Waals surface area contributed by atoms with E-state index >= 15 is 0 Å². The van der Waals surface area contributed by atoms with Crippen LogP contribution in [0.3, 0.4) is 0 Å². The molecule has 0 aliphatic carbocycles. The SMILES string of the molecule is CCCn1ccnc1CC(N)C(C)(CC)N(CC)CC. The number of nitrogens with two attached hydrogens (primary N) is 1. The van der Waals surface area contributed by atoms with Crippen molar-refractivity contribution in [2.24, 2.45) is 5.73 Å². The van der Waals surface area contributed by atoms with Crippen molar-refractivity contribution in [2.75, 3.05) is 13.1 Å². The van der Waals surface area contributed by atoms with Gasteiger partial charge in [0, 0.05) is 36.9 Å². The molecule has 0 amide bonds. The van der Waals surface area contributed by atoms with Gasteiger partial charge < -0.3 is 10.3 Å². The molecule has 0 spiro atoms. The molecular weight excluding hydrogens is 248 g/mol. The fourth-order valence-electron chi connectivity index (χ4n) is 3.06. The molecule has 20 heavy (non-hydrogen) atoms. The topological polar surface area (TPSA) is 47.1 Å². The minimum absolute atomic E-state index is 0.0342. The van der Waals surface area contributed by atoms with Gasteiger partial charge >= 0.3 is 0 Å². The van der Waals surface area contributed by atoms with E-state index in [1.54, 1.807) is 0 Å². The van der Waals surface area contributed by atoms with E-state index in [-0.39, 0.29) is 11.6 Å². The smallest absolute Gasteiger partial charge is 0.110 e. The van der Waals surface area contributed by atoms with Crippen LogP contribution in [0.1, 0.15) is 53.3 Å². The van der Waals surface area contributed by atoms with Crippen LogP contribution in [0.25, 0.3) is 0 Å². The van der Waals surface area contributed by atoms with Crippen LogP contribution in [0.5, 0.6) is 0 Å². The van der Waals surface area contributed by atoms with Gasteiger partial charge in [-0.05, 0) is 32.9 Å². The summed E-state index contributed by atoms with van der Waals surface area (Å²) >= 11 is 0. The first kappa shape index (κ1) is 17.2. The summed E-state index contributed by atoms with van der Waals surface area (Å²) in [5.74, 6) is 1.12. The molecule has 1 rings (SSSR count). The lowest BCUT2D eigenvalue weighted by atomic mass is 9.85. The molecule has 4 heteroatoms. The Morgan fingerprint density at radius 2 is 1.95 bits per heavy atom. The number of aryl methyl sites for hydroxylation is 1. The van der Waals surface area contributed by atoms with E-state index in [2.05, 4.69) is 55.3 Å². The van der Waals surface area contributed by atoms with Gasteiger partial charge in [0.05, 0.1) is 0 Å². The predicted octanol–water partition coefficient (Wildman–Crippen LogP) is 2.67. The third-order valence-electron chi connectivity index (χ3n) is 4.67. The highest BCUT2D eigenvalue weighted by molar-refractivity contribution is 5.02. The summed E-state index contributed by atoms with van der Waals surface area (Å²) in [6.07, 6.45) is 6.97. The van der Waals surface area contributed by atoms with Gasteiger partial charge in [-0.15, -0.1) is 0 Å². The van der Waals surface area contributed by atoms with Crippen LogP contribution >= 0.6 is 0 Å². The first-order chi connectivity index (χ1) is 9.53. The molecule has 0 fully saturated rings. The van der Waals surface area contributed by atoms with Crippen LogP contribution in [-0.2, 0) is 13.0 Å². The first-order valence-corrected chi connectivity index (χ1v) is 8.04. The second-order valence-electron chi connectivity index (χ2n) is 5.73. The molecule has 0 aliphatic rings. The lowest BCUT2D eigenvalue weighted by Gasteiger charge is -2.44. The van der Waals surface area contributed by atoms with Crippen molar-refractivity contribution in [3.63, 3.8) is 0 Å². The highest BCUT2D eigenvalue weighted by Gasteiger charge is 2.35. The summed E-state index contributed by atoms with van der Waals surface area (Å²) in [4.78, 5) is 6.97. The maximum atomic E-state index is 6.58. The number of aromatic nitrogens is 2. The van der Waals surface area contributed by atoms with Gasteiger partial charge in [0.1, 0.15) is 5.82 Å². The highest BCUT2D eigenvalue weighted by atomic mass is 15.2. The third kappa shape index (κ3) is 3.61. The molecule has 0 aromatic carbocycles. The van der Waals surface area contributed by atoms with Crippen LogP contribution in [0, 0.1) is 0 Å². The molecule has 0 saturated heterocycles. The zero-order valence-electron chi connectivity index (χ0n) is 13.9. The summed E-state index contributed by atoms with van der Waals surface area (Å²) < 4.78 is 2.23. The third-order valence-corrected chi connectivity index (χ3v) is 4.67. The molecule has 0 bridgehead atoms. The Hall–Kier alpha value is -0.870. The van der Waals surface area contributed by atoms with Crippen molar-refractivity contribution < 1.29 is 0 Å². The van der Waals surface area contributed by atoms with Crippen LogP contribution < -0.4 is 5.73 Å². The van der Waals surface area contributed by atoms with E-state index in [4.69, 9.17) is 5.73 Å². The van der Waals surface area contributed by atoms with Gasteiger partial charge in [-0.2, -0.15) is 0 Å². The average Bonchev–Trinajstić information content (AvgIpc) is 2.87. The Kier molecular flexibility index (Phi) is 6.69. The van der Waals surface area contributed by atoms with E-state index in [0.29, 0.717) is 0 Å². The second-order valence-corrected chi connectivity index (χ2v) is 5.73. The van der Waals surface area contributed by atoms with Gasteiger partial charge in [0.25, 0.3) is 0 Å². The molecule has 1 aromatic heterocycles. The Morgan fingerprint density at radius 3 is 2.45 bits per heavy atom. The Labute approximate surface area is 124 Å². The van der Waals surface area contributed by atoms with Gasteiger partial charge in [-0.1, -0.05) is 27.7 Å². The molecule has 0 radical (unpaired) electrons. The van der Waals surface area contributed by atoms with Crippen molar-refractivity contribution in [2.45, 2.75) is 72.0 Å². The second kappa shape index (κ2) is 7.79. The van der Waals surface area contributed by atoms with Crippen LogP contribution in [0.15, 0.2) is 12.4 Å². The van der Waals surface area contributed by atoms with Gasteiger partial charge in [-0.25, -0.2) is 4.98 Å². The summed E-state index contributed by atoms with van der Waals surface area (Å²) in [5, 5.41) is 0. The quantitative estimate of drug-likeness (QED) is 0.756. The number of likely N-dealkylation sites (N-methyl/N-ethyl adjacent to an activating group) is 1. The molecule has 4 nitrogen and oxygen atoms in total. The van der Waals surface area contributed by atoms with E-state index < -0.39 is 0 Å². The number of rotatable bonds is 9. The summed E-state index contributed by atoms with van der Waals surface area (Å²) in [7, 11) is 0. The largest absolute Gasteiger partial charge is 0.335 e. The molecule has 1 heterocycles. The Balaban J connectivity index is 2.86. The number of hydrogen-bond acceptors (Lipinski definition) is 3. The maximum absolute atomic E-state index is 6.58. The molecule has 2 unspecified atom stereocenters. The maximum Gasteiger partial charge on any atom is 0.110 e. The molecule has 1 aromatic rings. The standard InChI is InChI=1S/C16H32N4/c1-6-11-19-12-10-18-15(19)13-14(17)16(5,7-2)20(8-3)9-4/h10,12,14H,6-9,11,13,17H2,1-5H3. The fraction of sp³-hybridized carbons (Fsp3) is 0.812. The predicted molar refractivity (Wildman–Crippen MR) is 85.8 cm³/mol. The Bertz CT molecular complexity index is 384. The van der Waals surface area contributed by atoms with Crippen molar-refractivity contribution in [3.8, 4) is 0 Å². The monoisotopic (exact) mass is 280 g/mol. The Morgan fingerprint density at radius 1 is 1.30 bits per heavy atom. The van der Waals surface area contributed by atoms with E-state index in [0.717, 1.165) is 44.7 Å². The lowest BCUT2D eigenvalue weighted by Crippen LogP contribution is -2.58. The lowest BCUT2D eigenvalue weighted by molar-refractivity contribution is 0.0835. The zero-order valence-corrected chi connectivity index (χ0v) is 13.9. The molecular formula is C16H32N4. The highest BCUT2D eigenvalue weighted by Crippen LogP contribution is 2.24. The number of nitrogens with zero attached hydrogens (tertiary/aromatic N) is 3. The molecule has 116 valence electrons. The van der Waals surface area contributed by atoms with E-state index in [9.17, 15) is 0 Å². The summed E-state index contributed by atoms with van der Waals surface area (Å²) in [5.41, 5.74) is 6.61. The summed E-state index contributed by atoms with van der Waals surface area (Å²) in [6, 6.07) is 0.102. The average molecular weight is 280 g/mol. The molecule has 0 saturated carbocycles. The number of hydrogen-bond donors (Lipinski definition) is 1. The molecule has 2 N–H and O–H groups in total. The number of imidazole rings is 1. The van der Waals surface area contributed by atoms with Crippen molar-refractivity contribution >= 4 is 0 Å². The minimum atomic E-state index is 0.0342. The van der Waals surface area contributed by atoms with Crippen molar-refractivity contribution in [1.82, 2.24) is 14.5 Å². The van der Waals surface area contributed by atoms with E-state index in [1.165, 1.54) is 0 Å². The van der Waals surface area contributed by atoms with Gasteiger partial charge in [0.15, 0.2) is 0 Å². The summed E-state index contributed by atoms with van der Waals surface area (Å²) in [6.45, 7) is 14.2. The van der Waals surface area contributed by atoms with E-state index in [1.807, 2.05) is 6.20 Å². The minimum Gasteiger partial charge on any atom is -0.335 e. The van der Waals surface area contributed by atoms with Crippen molar-refractivity contribution in [3.05, 3.63) is 18.2 Å². The van der Waals surface area contributed by atoms with Crippen molar-refractivity contribution in [1.29, 1.82) is 0 Å². The molecule has 0 aliphatic heterocycles. The van der Waals surface area contributed by atoms with Crippen LogP contribution in [-0.4, -0.2) is 39.1 Å². The van der Waals surface area contributed by atoms with Crippen LogP contribution in [0.4, 0.5) is 0 Å². The van der Waals surface area contributed by atoms with Gasteiger partial charge in [0.2, 0.25) is 0 Å². The zero-order chi connectivity index (χ0) is 15.2. The normalized spacial score (nSPS) is 16.4. The first-order valence-electron chi connectivity index (χ1n) is 8.04. The molecule has 2 atom stereocenters. The van der Waals surface area contributed by atoms with Crippen LogP contribution in [0.2, 0.25) is 0 Å². The van der Waals surface area contributed by atoms with Gasteiger partial charge in [-0.3, -0.25) is 4.90 Å². The fourth-order valence-corrected chi connectivity index (χ4v) is 3.06.